The average molecular weight is 610 g/mol. The van der Waals surface area contributed by atoms with E-state index < -0.39 is 0 Å². The minimum atomic E-state index is -0.00495. The van der Waals surface area contributed by atoms with Gasteiger partial charge in [-0.15, -0.1) is 0 Å². The highest BCUT2D eigenvalue weighted by atomic mass is 35.5. The number of hydrogen-bond donors (Lipinski definition) is 0. The first-order valence-electron chi connectivity index (χ1n) is 7.19. The van der Waals surface area contributed by atoms with E-state index in [-0.39, 0.29) is 77.8 Å². The van der Waals surface area contributed by atoms with Crippen molar-refractivity contribution < 1.29 is 0 Å². The van der Waals surface area contributed by atoms with Crippen molar-refractivity contribution in [3.63, 3.8) is 0 Å². The first-order valence-corrected chi connectivity index (χ1v) is 11.3. The minimum absolute atomic E-state index is 0.00159. The van der Waals surface area contributed by atoms with Gasteiger partial charge in [0.1, 0.15) is 0 Å². The van der Waals surface area contributed by atoms with Crippen molar-refractivity contribution in [1.82, 2.24) is 4.98 Å². The Morgan fingerprint density at radius 1 is 0.414 bits per heavy atom. The lowest BCUT2D eigenvalue weighted by Crippen LogP contribution is -1.95. The first kappa shape index (κ1) is 24.4. The Kier molecular flexibility index (Phi) is 7.86. The van der Waals surface area contributed by atoms with Crippen molar-refractivity contribution in [1.29, 1.82) is 0 Å². The summed E-state index contributed by atoms with van der Waals surface area (Å²) in [6.45, 7) is 0. The number of nitrogens with zero attached hydrogens (tertiary/aromatic N) is 1. The fraction of sp³-hybridized carbons (Fsp3) is 0. The van der Waals surface area contributed by atoms with Crippen LogP contribution in [0.25, 0.3) is 22.5 Å². The third kappa shape index (κ3) is 4.24. The number of benzene rings is 2. The Balaban J connectivity index is 2.37. The summed E-state index contributed by atoms with van der Waals surface area (Å²) in [7, 11) is 0. The van der Waals surface area contributed by atoms with Crippen molar-refractivity contribution in [2.24, 2.45) is 0 Å². The highest BCUT2D eigenvalue weighted by molar-refractivity contribution is 6.57. The zero-order valence-electron chi connectivity index (χ0n) is 13.3. The number of rotatable bonds is 2. The second-order valence-corrected chi connectivity index (χ2v) is 9.60. The molecular formula is C17H2Cl11N. The van der Waals surface area contributed by atoms with Crippen LogP contribution < -0.4 is 0 Å². The fourth-order valence-corrected chi connectivity index (χ4v) is 5.25. The molecule has 152 valence electrons. The Morgan fingerprint density at radius 3 is 1.17 bits per heavy atom. The van der Waals surface area contributed by atoms with E-state index in [1.54, 1.807) is 6.07 Å². The lowest BCUT2D eigenvalue weighted by atomic mass is 10.1. The number of hydrogen-bond acceptors (Lipinski definition) is 1. The number of pyridine rings is 1. The standard InChI is InChI=1S/C17H2Cl11N/c18-3-1-2-4(5-7(19)11(23)15(27)12(24)8(5)20)29-17(3)6-9(21)13(25)16(28)14(26)10(6)22/h1-2H. The quantitative estimate of drug-likeness (QED) is 0.208. The molecule has 0 atom stereocenters. The highest BCUT2D eigenvalue weighted by Crippen LogP contribution is 2.51. The predicted molar refractivity (Wildman–Crippen MR) is 130 cm³/mol. The maximum atomic E-state index is 6.34. The number of halogens is 11. The van der Waals surface area contributed by atoms with Crippen LogP contribution in [-0.2, 0) is 0 Å². The van der Waals surface area contributed by atoms with Crippen LogP contribution in [-0.4, -0.2) is 4.98 Å². The SMILES string of the molecule is Clc1ccc(-c2c(Cl)c(Cl)c(Cl)c(Cl)c2Cl)nc1-c1c(Cl)c(Cl)c(Cl)c(Cl)c1Cl. The molecular weight excluding hydrogens is 608 g/mol. The third-order valence-electron chi connectivity index (χ3n) is 3.76. The van der Waals surface area contributed by atoms with Crippen molar-refractivity contribution >= 4 is 128 Å². The molecule has 0 aliphatic rings. The van der Waals surface area contributed by atoms with E-state index >= 15 is 0 Å². The summed E-state index contributed by atoms with van der Waals surface area (Å²) in [5.74, 6) is 0. The molecule has 0 saturated heterocycles. The van der Waals surface area contributed by atoms with Gasteiger partial charge in [0.2, 0.25) is 0 Å². The van der Waals surface area contributed by atoms with Gasteiger partial charge in [-0.3, -0.25) is 0 Å². The molecule has 0 fully saturated rings. The molecule has 12 heteroatoms. The molecule has 3 aromatic rings. The van der Waals surface area contributed by atoms with Gasteiger partial charge in [0.05, 0.1) is 66.6 Å². The normalized spacial score (nSPS) is 11.3. The van der Waals surface area contributed by atoms with Crippen molar-refractivity contribution in [3.8, 4) is 22.5 Å². The lowest BCUT2D eigenvalue weighted by Gasteiger charge is -2.16. The van der Waals surface area contributed by atoms with Crippen molar-refractivity contribution in [3.05, 3.63) is 67.4 Å². The summed E-state index contributed by atoms with van der Waals surface area (Å²) in [6.07, 6.45) is 0. The van der Waals surface area contributed by atoms with Crippen LogP contribution in [0.1, 0.15) is 0 Å². The summed E-state index contributed by atoms with van der Waals surface area (Å²) >= 11 is 68.4. The lowest BCUT2D eigenvalue weighted by molar-refractivity contribution is 1.32. The second-order valence-electron chi connectivity index (χ2n) is 5.42. The zero-order chi connectivity index (χ0) is 21.8. The van der Waals surface area contributed by atoms with Crippen LogP contribution in [0.15, 0.2) is 12.1 Å². The van der Waals surface area contributed by atoms with Crippen molar-refractivity contribution in [2.45, 2.75) is 0 Å². The van der Waals surface area contributed by atoms with E-state index in [0.717, 1.165) is 0 Å². The Morgan fingerprint density at radius 2 is 0.759 bits per heavy atom. The topological polar surface area (TPSA) is 12.9 Å². The molecule has 0 amide bonds. The smallest absolute Gasteiger partial charge is 0.0926 e. The van der Waals surface area contributed by atoms with E-state index in [1.165, 1.54) is 6.07 Å². The summed E-state index contributed by atoms with van der Waals surface area (Å²) in [4.78, 5) is 4.49. The van der Waals surface area contributed by atoms with Gasteiger partial charge >= 0.3 is 0 Å². The van der Waals surface area contributed by atoms with Crippen LogP contribution in [0.2, 0.25) is 55.2 Å². The Hall–Kier alpha value is 0.780. The maximum Gasteiger partial charge on any atom is 0.0926 e. The van der Waals surface area contributed by atoms with Crippen molar-refractivity contribution in [2.75, 3.05) is 0 Å². The molecule has 0 aliphatic carbocycles. The predicted octanol–water partition coefficient (Wildman–Crippen LogP) is 11.6. The molecule has 29 heavy (non-hydrogen) atoms. The van der Waals surface area contributed by atoms with E-state index in [2.05, 4.69) is 4.98 Å². The van der Waals surface area contributed by atoms with Gasteiger partial charge in [0.25, 0.3) is 0 Å². The molecule has 0 saturated carbocycles. The largest absolute Gasteiger partial charge is 0.246 e. The van der Waals surface area contributed by atoms with Crippen LogP contribution in [0.3, 0.4) is 0 Å². The maximum absolute atomic E-state index is 6.34. The molecule has 0 radical (unpaired) electrons. The molecule has 2 aromatic carbocycles. The molecule has 0 unspecified atom stereocenters. The van der Waals surface area contributed by atoms with Gasteiger partial charge < -0.3 is 0 Å². The Bertz CT molecular complexity index is 1120. The Labute approximate surface area is 220 Å². The molecule has 1 heterocycles. The summed E-state index contributed by atoms with van der Waals surface area (Å²) in [5.41, 5.74) is 0.852. The third-order valence-corrected chi connectivity index (χ3v) is 8.62. The molecule has 0 N–H and O–H groups in total. The first-order chi connectivity index (χ1) is 13.5. The monoisotopic (exact) mass is 605 g/mol. The van der Waals surface area contributed by atoms with Gasteiger partial charge in [0, 0.05) is 11.1 Å². The van der Waals surface area contributed by atoms with Gasteiger partial charge in [0.15, 0.2) is 0 Å². The summed E-state index contributed by atoms with van der Waals surface area (Å²) in [5, 5.41) is 0.380. The molecule has 0 spiro atoms. The van der Waals surface area contributed by atoms with Gasteiger partial charge in [-0.2, -0.15) is 0 Å². The molecule has 0 bridgehead atoms. The second kappa shape index (κ2) is 9.33. The molecule has 3 rings (SSSR count). The number of aromatic nitrogens is 1. The van der Waals surface area contributed by atoms with E-state index in [9.17, 15) is 0 Å². The summed E-state index contributed by atoms with van der Waals surface area (Å²) < 4.78 is 0. The van der Waals surface area contributed by atoms with E-state index in [1.807, 2.05) is 0 Å². The van der Waals surface area contributed by atoms with Gasteiger partial charge in [-0.05, 0) is 12.1 Å². The van der Waals surface area contributed by atoms with Crippen LogP contribution >= 0.6 is 128 Å². The van der Waals surface area contributed by atoms with Crippen LogP contribution in [0, 0.1) is 0 Å². The average Bonchev–Trinajstić information content (AvgIpc) is 2.70. The van der Waals surface area contributed by atoms with Gasteiger partial charge in [-0.25, -0.2) is 4.98 Å². The van der Waals surface area contributed by atoms with Gasteiger partial charge in [-0.1, -0.05) is 128 Å². The fourth-order valence-electron chi connectivity index (χ4n) is 2.40. The molecule has 1 aromatic heterocycles. The molecule has 0 aliphatic heterocycles. The zero-order valence-corrected chi connectivity index (χ0v) is 21.6. The van der Waals surface area contributed by atoms with Crippen LogP contribution in [0.4, 0.5) is 0 Å². The minimum Gasteiger partial charge on any atom is -0.246 e. The van der Waals surface area contributed by atoms with E-state index in [0.29, 0.717) is 0 Å². The van der Waals surface area contributed by atoms with E-state index in [4.69, 9.17) is 128 Å². The van der Waals surface area contributed by atoms with Crippen LogP contribution in [0.5, 0.6) is 0 Å². The molecule has 1 nitrogen and oxygen atoms in total. The highest BCUT2D eigenvalue weighted by Gasteiger charge is 2.25. The summed E-state index contributed by atoms with van der Waals surface area (Å²) in [6, 6.07) is 3.09.